The maximum Gasteiger partial charge on any atom is 0.198 e. The van der Waals surface area contributed by atoms with Crippen LogP contribution in [0, 0.1) is 6.92 Å². The van der Waals surface area contributed by atoms with Crippen LogP contribution < -0.4 is 15.8 Å². The summed E-state index contributed by atoms with van der Waals surface area (Å²) in [6, 6.07) is 5.84. The summed E-state index contributed by atoms with van der Waals surface area (Å²) in [4.78, 5) is 0. The lowest BCUT2D eigenvalue weighted by atomic mass is 10.2. The van der Waals surface area contributed by atoms with Gasteiger partial charge in [-0.1, -0.05) is 19.9 Å². The van der Waals surface area contributed by atoms with Gasteiger partial charge in [0.1, 0.15) is 5.75 Å². The van der Waals surface area contributed by atoms with Crippen LogP contribution in [0.2, 0.25) is 0 Å². The highest BCUT2D eigenvalue weighted by molar-refractivity contribution is 5.47. The number of ether oxygens (including phenoxy) is 1. The molecule has 0 spiro atoms. The molecule has 0 radical (unpaired) electrons. The van der Waals surface area contributed by atoms with Crippen molar-refractivity contribution in [1.29, 1.82) is 0 Å². The summed E-state index contributed by atoms with van der Waals surface area (Å²) in [5.41, 5.74) is 7.27. The molecule has 1 aromatic rings. The minimum absolute atomic E-state index is 0.413. The third-order valence-corrected chi connectivity index (χ3v) is 2.42. The van der Waals surface area contributed by atoms with Gasteiger partial charge < -0.3 is 20.9 Å². The number of nitrogens with one attached hydrogen (secondary N) is 1. The molecule has 0 heterocycles. The lowest BCUT2D eigenvalue weighted by Gasteiger charge is -2.16. The van der Waals surface area contributed by atoms with Crippen LogP contribution in [0.4, 0.5) is 5.69 Å². The Labute approximate surface area is 103 Å². The molecule has 0 aliphatic rings. The molecular weight excluding hydrogens is 216 g/mol. The number of anilines is 1. The highest BCUT2D eigenvalue weighted by Crippen LogP contribution is 2.21. The first kappa shape index (κ1) is 13.8. The molecule has 1 atom stereocenters. The van der Waals surface area contributed by atoms with Gasteiger partial charge in [0, 0.05) is 30.8 Å². The lowest BCUT2D eigenvalue weighted by Crippen LogP contribution is -2.28. The van der Waals surface area contributed by atoms with E-state index in [-0.39, 0.29) is 0 Å². The van der Waals surface area contributed by atoms with Crippen molar-refractivity contribution in [1.82, 2.24) is 5.32 Å². The van der Waals surface area contributed by atoms with E-state index in [4.69, 9.17) is 10.5 Å². The second kappa shape index (κ2) is 6.47. The van der Waals surface area contributed by atoms with Gasteiger partial charge in [-0.05, 0) is 18.6 Å². The Morgan fingerprint density at radius 2 is 2.12 bits per heavy atom. The van der Waals surface area contributed by atoms with Gasteiger partial charge in [-0.15, -0.1) is 0 Å². The third-order valence-electron chi connectivity index (χ3n) is 2.42. The Balaban J connectivity index is 2.44. The third kappa shape index (κ3) is 5.06. The Morgan fingerprint density at radius 3 is 2.76 bits per heavy atom. The van der Waals surface area contributed by atoms with E-state index in [1.54, 1.807) is 6.07 Å². The smallest absolute Gasteiger partial charge is 0.198 e. The summed E-state index contributed by atoms with van der Waals surface area (Å²) in [6.07, 6.45) is -0.256. The summed E-state index contributed by atoms with van der Waals surface area (Å²) in [6.45, 7) is 6.78. The summed E-state index contributed by atoms with van der Waals surface area (Å²) in [7, 11) is 0. The molecule has 0 aliphatic heterocycles. The highest BCUT2D eigenvalue weighted by Gasteiger charge is 2.08. The van der Waals surface area contributed by atoms with E-state index in [1.807, 2.05) is 19.1 Å². The van der Waals surface area contributed by atoms with Gasteiger partial charge in [-0.3, -0.25) is 0 Å². The van der Waals surface area contributed by atoms with E-state index < -0.39 is 6.29 Å². The Morgan fingerprint density at radius 1 is 1.41 bits per heavy atom. The van der Waals surface area contributed by atoms with E-state index in [2.05, 4.69) is 19.2 Å². The molecule has 4 nitrogen and oxygen atoms in total. The van der Waals surface area contributed by atoms with E-state index in [0.29, 0.717) is 23.9 Å². The Bertz CT molecular complexity index is 353. The van der Waals surface area contributed by atoms with Gasteiger partial charge in [-0.25, -0.2) is 0 Å². The fourth-order valence-electron chi connectivity index (χ4n) is 1.44. The predicted octanol–water partition coefficient (Wildman–Crippen LogP) is 1.66. The molecule has 0 aromatic heterocycles. The van der Waals surface area contributed by atoms with Gasteiger partial charge in [-0.2, -0.15) is 0 Å². The molecule has 1 rings (SSSR count). The Kier molecular flexibility index (Phi) is 5.25. The van der Waals surface area contributed by atoms with E-state index >= 15 is 0 Å². The van der Waals surface area contributed by atoms with Crippen molar-refractivity contribution < 1.29 is 9.84 Å². The fraction of sp³-hybridized carbons (Fsp3) is 0.538. The van der Waals surface area contributed by atoms with Gasteiger partial charge in [0.25, 0.3) is 0 Å². The minimum Gasteiger partial charge on any atom is -0.465 e. The summed E-state index contributed by atoms with van der Waals surface area (Å²) in [5.74, 6) is 0.641. The fourth-order valence-corrected chi connectivity index (χ4v) is 1.44. The maximum absolute atomic E-state index is 9.73. The Hall–Kier alpha value is -1.26. The average molecular weight is 238 g/mol. The summed E-state index contributed by atoms with van der Waals surface area (Å²) in [5, 5.41) is 13.0. The highest BCUT2D eigenvalue weighted by atomic mass is 16.6. The van der Waals surface area contributed by atoms with E-state index in [0.717, 1.165) is 12.1 Å². The molecule has 4 heteroatoms. The van der Waals surface area contributed by atoms with Crippen LogP contribution >= 0.6 is 0 Å². The quantitative estimate of drug-likeness (QED) is 0.521. The zero-order valence-electron chi connectivity index (χ0n) is 10.7. The molecular formula is C13H22N2O2. The zero-order chi connectivity index (χ0) is 12.8. The monoisotopic (exact) mass is 238 g/mol. The SMILES string of the molecule is Cc1ccc(N)cc1OC(O)CCNC(C)C. The van der Waals surface area contributed by atoms with Crippen LogP contribution in [0.5, 0.6) is 5.75 Å². The number of rotatable bonds is 6. The van der Waals surface area contributed by atoms with Crippen LogP contribution in [0.25, 0.3) is 0 Å². The van der Waals surface area contributed by atoms with Gasteiger partial charge in [0.05, 0.1) is 0 Å². The molecule has 1 unspecified atom stereocenters. The number of nitrogen functional groups attached to an aromatic ring is 1. The molecule has 0 saturated carbocycles. The summed E-state index contributed by atoms with van der Waals surface area (Å²) >= 11 is 0. The molecule has 0 amide bonds. The van der Waals surface area contributed by atoms with E-state index in [9.17, 15) is 5.11 Å². The molecule has 0 bridgehead atoms. The van der Waals surface area contributed by atoms with Crippen molar-refractivity contribution in [2.75, 3.05) is 12.3 Å². The number of hydrogen-bond acceptors (Lipinski definition) is 4. The van der Waals surface area contributed by atoms with E-state index in [1.165, 1.54) is 0 Å². The maximum atomic E-state index is 9.73. The van der Waals surface area contributed by atoms with Crippen molar-refractivity contribution in [2.45, 2.75) is 39.5 Å². The summed E-state index contributed by atoms with van der Waals surface area (Å²) < 4.78 is 5.44. The number of hydrogen-bond donors (Lipinski definition) is 3. The number of aliphatic hydroxyl groups is 1. The van der Waals surface area contributed by atoms with Crippen LogP contribution in [0.15, 0.2) is 18.2 Å². The van der Waals surface area contributed by atoms with Gasteiger partial charge in [0.15, 0.2) is 6.29 Å². The topological polar surface area (TPSA) is 67.5 Å². The van der Waals surface area contributed by atoms with Crippen LogP contribution in [0.1, 0.15) is 25.8 Å². The molecule has 0 fully saturated rings. The normalized spacial score (nSPS) is 12.8. The molecule has 0 saturated heterocycles. The number of aliphatic hydroxyl groups excluding tert-OH is 1. The van der Waals surface area contributed by atoms with Crippen molar-refractivity contribution >= 4 is 5.69 Å². The molecule has 4 N–H and O–H groups in total. The van der Waals surface area contributed by atoms with Crippen molar-refractivity contribution in [3.63, 3.8) is 0 Å². The van der Waals surface area contributed by atoms with Crippen LogP contribution in [-0.4, -0.2) is 24.0 Å². The van der Waals surface area contributed by atoms with Crippen molar-refractivity contribution in [3.8, 4) is 5.75 Å². The minimum atomic E-state index is -0.804. The van der Waals surface area contributed by atoms with Crippen LogP contribution in [0.3, 0.4) is 0 Å². The van der Waals surface area contributed by atoms with Crippen molar-refractivity contribution in [2.24, 2.45) is 0 Å². The second-order valence-corrected chi connectivity index (χ2v) is 4.49. The molecule has 0 aliphatic carbocycles. The number of aryl methyl sites for hydroxylation is 1. The van der Waals surface area contributed by atoms with Crippen molar-refractivity contribution in [3.05, 3.63) is 23.8 Å². The first-order chi connectivity index (χ1) is 7.99. The first-order valence-electron chi connectivity index (χ1n) is 5.93. The molecule has 17 heavy (non-hydrogen) atoms. The number of benzene rings is 1. The van der Waals surface area contributed by atoms with Gasteiger partial charge in [0.2, 0.25) is 0 Å². The average Bonchev–Trinajstić information content (AvgIpc) is 2.23. The van der Waals surface area contributed by atoms with Gasteiger partial charge >= 0.3 is 0 Å². The zero-order valence-corrected chi connectivity index (χ0v) is 10.7. The second-order valence-electron chi connectivity index (χ2n) is 4.49. The number of nitrogens with two attached hydrogens (primary N) is 1. The van der Waals surface area contributed by atoms with Crippen LogP contribution in [-0.2, 0) is 0 Å². The molecule has 96 valence electrons. The largest absolute Gasteiger partial charge is 0.465 e. The standard InChI is InChI=1S/C13H22N2O2/c1-9(2)15-7-6-13(16)17-12-8-11(14)5-4-10(12)3/h4-5,8-9,13,15-16H,6-7,14H2,1-3H3. The first-order valence-corrected chi connectivity index (χ1v) is 5.93. The predicted molar refractivity (Wildman–Crippen MR) is 70.0 cm³/mol. The lowest BCUT2D eigenvalue weighted by molar-refractivity contribution is -0.0230. The molecule has 1 aromatic carbocycles.